The summed E-state index contributed by atoms with van der Waals surface area (Å²) in [5, 5.41) is 7.79. The number of hydrogen-bond acceptors (Lipinski definition) is 3. The fraction of sp³-hybridized carbons (Fsp3) is 0.130. The van der Waals surface area contributed by atoms with Crippen LogP contribution in [0, 0.1) is 6.92 Å². The molecular weight excluding hydrogens is 348 g/mol. The lowest BCUT2D eigenvalue weighted by Gasteiger charge is -2.18. The Morgan fingerprint density at radius 3 is 2.68 bits per heavy atom. The van der Waals surface area contributed by atoms with Gasteiger partial charge in [0.1, 0.15) is 6.04 Å². The van der Waals surface area contributed by atoms with Gasteiger partial charge in [-0.25, -0.2) is 4.68 Å². The monoisotopic (exact) mass is 368 g/mol. The fourth-order valence-corrected chi connectivity index (χ4v) is 3.74. The topological polar surface area (TPSA) is 51.9 Å². The maximum absolute atomic E-state index is 13.4. The first-order valence-electron chi connectivity index (χ1n) is 9.34. The molecule has 2 aromatic heterocycles. The number of benzene rings is 2. The second kappa shape index (κ2) is 6.53. The van der Waals surface area contributed by atoms with Gasteiger partial charge in [0.25, 0.3) is 0 Å². The molecule has 4 aromatic rings. The smallest absolute Gasteiger partial charge is 0.191 e. The summed E-state index contributed by atoms with van der Waals surface area (Å²) >= 11 is 0. The number of aryl methyl sites for hydroxylation is 1. The summed E-state index contributed by atoms with van der Waals surface area (Å²) in [4.78, 5) is 13.4. The number of rotatable bonds is 3. The number of fused-ring (bicyclic) bond motifs is 2. The zero-order chi connectivity index (χ0) is 19.1. The minimum Gasteiger partial charge on any atom is -0.370 e. The standard InChI is InChI=1S/C23H20N4O/c1-16-13-24-27(14-16)19-10-8-17(9-11-19)23(28)22-21-7-4-12-26(21)15-18-5-2-3-6-20(18)25-22/h2-14,22,25H,15H2,1H3. The van der Waals surface area contributed by atoms with Gasteiger partial charge in [-0.05, 0) is 60.5 Å². The van der Waals surface area contributed by atoms with Crippen LogP contribution in [0.3, 0.4) is 0 Å². The quantitative estimate of drug-likeness (QED) is 0.546. The van der Waals surface area contributed by atoms with Crippen LogP contribution in [0.15, 0.2) is 79.3 Å². The number of para-hydroxylation sites is 1. The molecule has 0 fully saturated rings. The van der Waals surface area contributed by atoms with E-state index in [4.69, 9.17) is 0 Å². The van der Waals surface area contributed by atoms with Crippen molar-refractivity contribution in [1.82, 2.24) is 14.3 Å². The van der Waals surface area contributed by atoms with Crippen molar-refractivity contribution < 1.29 is 4.79 Å². The predicted octanol–water partition coefficient (Wildman–Crippen LogP) is 4.38. The lowest BCUT2D eigenvalue weighted by Crippen LogP contribution is -2.22. The molecule has 5 nitrogen and oxygen atoms in total. The largest absolute Gasteiger partial charge is 0.370 e. The first-order chi connectivity index (χ1) is 13.7. The Bertz CT molecular complexity index is 1150. The third-order valence-corrected chi connectivity index (χ3v) is 5.21. The van der Waals surface area contributed by atoms with E-state index in [1.54, 1.807) is 0 Å². The maximum Gasteiger partial charge on any atom is 0.191 e. The number of ketones is 1. The molecule has 0 radical (unpaired) electrons. The van der Waals surface area contributed by atoms with Gasteiger partial charge in [0.15, 0.2) is 5.78 Å². The van der Waals surface area contributed by atoms with Gasteiger partial charge in [0, 0.05) is 35.9 Å². The highest BCUT2D eigenvalue weighted by Gasteiger charge is 2.27. The van der Waals surface area contributed by atoms with Crippen LogP contribution in [0.25, 0.3) is 5.69 Å². The second-order valence-electron chi connectivity index (χ2n) is 7.17. The summed E-state index contributed by atoms with van der Waals surface area (Å²) < 4.78 is 3.96. The molecule has 3 heterocycles. The van der Waals surface area contributed by atoms with Crippen LogP contribution < -0.4 is 5.32 Å². The van der Waals surface area contributed by atoms with Gasteiger partial charge in [-0.2, -0.15) is 5.10 Å². The summed E-state index contributed by atoms with van der Waals surface area (Å²) in [5.74, 6) is 0.0554. The van der Waals surface area contributed by atoms with E-state index in [9.17, 15) is 4.79 Å². The highest BCUT2D eigenvalue weighted by molar-refractivity contribution is 6.02. The Morgan fingerprint density at radius 2 is 1.89 bits per heavy atom. The highest BCUT2D eigenvalue weighted by atomic mass is 16.1. The lowest BCUT2D eigenvalue weighted by atomic mass is 10.0. The Labute approximate surface area is 163 Å². The van der Waals surface area contributed by atoms with Crippen LogP contribution in [0.2, 0.25) is 0 Å². The zero-order valence-electron chi connectivity index (χ0n) is 15.5. The first-order valence-corrected chi connectivity index (χ1v) is 9.34. The van der Waals surface area contributed by atoms with Gasteiger partial charge in [0.05, 0.1) is 11.9 Å². The van der Waals surface area contributed by atoms with E-state index in [2.05, 4.69) is 21.0 Å². The van der Waals surface area contributed by atoms with Gasteiger partial charge < -0.3 is 9.88 Å². The molecule has 0 aliphatic carbocycles. The predicted molar refractivity (Wildman–Crippen MR) is 109 cm³/mol. The van der Waals surface area contributed by atoms with Gasteiger partial charge in [-0.3, -0.25) is 4.79 Å². The Morgan fingerprint density at radius 1 is 1.07 bits per heavy atom. The second-order valence-corrected chi connectivity index (χ2v) is 7.17. The van der Waals surface area contributed by atoms with Crippen LogP contribution >= 0.6 is 0 Å². The Balaban J connectivity index is 1.49. The number of carbonyl (C=O) groups excluding carboxylic acids is 1. The summed E-state index contributed by atoms with van der Waals surface area (Å²) in [5.41, 5.74) is 5.88. The van der Waals surface area contributed by atoms with E-state index in [-0.39, 0.29) is 5.78 Å². The Hall–Kier alpha value is -3.60. The zero-order valence-corrected chi connectivity index (χ0v) is 15.5. The van der Waals surface area contributed by atoms with E-state index in [1.165, 1.54) is 5.56 Å². The van der Waals surface area contributed by atoms with Crippen molar-refractivity contribution in [1.29, 1.82) is 0 Å². The SMILES string of the molecule is Cc1cnn(-c2ccc(C(=O)C3Nc4ccccc4Cn4cccc43)cc2)c1. The molecule has 5 heteroatoms. The molecule has 138 valence electrons. The molecule has 0 bridgehead atoms. The molecular formula is C23H20N4O. The van der Waals surface area contributed by atoms with E-state index in [0.29, 0.717) is 5.56 Å². The number of hydrogen-bond donors (Lipinski definition) is 1. The summed E-state index contributed by atoms with van der Waals surface area (Å²) in [6.45, 7) is 2.76. The van der Waals surface area contributed by atoms with Gasteiger partial charge in [0.2, 0.25) is 0 Å². The minimum atomic E-state index is -0.420. The fourth-order valence-electron chi connectivity index (χ4n) is 3.74. The molecule has 5 rings (SSSR count). The van der Waals surface area contributed by atoms with E-state index >= 15 is 0 Å². The van der Waals surface area contributed by atoms with E-state index < -0.39 is 6.04 Å². The van der Waals surface area contributed by atoms with Crippen molar-refractivity contribution in [2.24, 2.45) is 0 Å². The van der Waals surface area contributed by atoms with Crippen molar-refractivity contribution in [3.63, 3.8) is 0 Å². The van der Waals surface area contributed by atoms with Crippen molar-refractivity contribution in [2.45, 2.75) is 19.5 Å². The van der Waals surface area contributed by atoms with Crippen molar-refractivity contribution in [3.8, 4) is 5.69 Å². The van der Waals surface area contributed by atoms with Crippen LogP contribution in [-0.4, -0.2) is 20.1 Å². The van der Waals surface area contributed by atoms with Gasteiger partial charge >= 0.3 is 0 Å². The van der Waals surface area contributed by atoms with E-state index in [0.717, 1.165) is 29.2 Å². The molecule has 1 aliphatic rings. The molecule has 2 aromatic carbocycles. The number of aromatic nitrogens is 3. The van der Waals surface area contributed by atoms with Crippen molar-refractivity contribution >= 4 is 11.5 Å². The Kier molecular flexibility index (Phi) is 3.86. The van der Waals surface area contributed by atoms with Gasteiger partial charge in [-0.15, -0.1) is 0 Å². The lowest BCUT2D eigenvalue weighted by molar-refractivity contribution is 0.0967. The number of anilines is 1. The highest BCUT2D eigenvalue weighted by Crippen LogP contribution is 2.31. The molecule has 28 heavy (non-hydrogen) atoms. The van der Waals surface area contributed by atoms with Crippen LogP contribution in [0.1, 0.15) is 33.2 Å². The average Bonchev–Trinajstić information content (AvgIpc) is 3.33. The molecule has 0 amide bonds. The maximum atomic E-state index is 13.4. The number of carbonyl (C=O) groups is 1. The summed E-state index contributed by atoms with van der Waals surface area (Å²) in [6, 6.07) is 19.4. The van der Waals surface area contributed by atoms with Crippen molar-refractivity contribution in [2.75, 3.05) is 5.32 Å². The first kappa shape index (κ1) is 16.6. The normalized spacial score (nSPS) is 15.2. The summed E-state index contributed by atoms with van der Waals surface area (Å²) in [7, 11) is 0. The van der Waals surface area contributed by atoms with Crippen LogP contribution in [-0.2, 0) is 6.54 Å². The van der Waals surface area contributed by atoms with Crippen molar-refractivity contribution in [3.05, 3.63) is 102 Å². The molecule has 0 spiro atoms. The third-order valence-electron chi connectivity index (χ3n) is 5.21. The van der Waals surface area contributed by atoms with E-state index in [1.807, 2.05) is 84.8 Å². The molecule has 0 saturated carbocycles. The number of nitrogens with one attached hydrogen (secondary N) is 1. The number of Topliss-reactive ketones (excluding diaryl/α,β-unsaturated/α-hetero) is 1. The summed E-state index contributed by atoms with van der Waals surface area (Å²) in [6.07, 6.45) is 5.82. The van der Waals surface area contributed by atoms with Crippen LogP contribution in [0.4, 0.5) is 5.69 Å². The molecule has 1 atom stereocenters. The molecule has 0 saturated heterocycles. The number of nitrogens with zero attached hydrogens (tertiary/aromatic N) is 3. The third kappa shape index (κ3) is 2.81. The molecule has 1 N–H and O–H groups in total. The molecule has 1 aliphatic heterocycles. The van der Waals surface area contributed by atoms with Gasteiger partial charge in [-0.1, -0.05) is 18.2 Å². The molecule has 1 unspecified atom stereocenters. The minimum absolute atomic E-state index is 0.0554. The average molecular weight is 368 g/mol. The van der Waals surface area contributed by atoms with Crippen LogP contribution in [0.5, 0.6) is 0 Å².